The van der Waals surface area contributed by atoms with E-state index in [0.29, 0.717) is 36.9 Å². The lowest BCUT2D eigenvalue weighted by Crippen LogP contribution is -2.29. The van der Waals surface area contributed by atoms with E-state index in [-0.39, 0.29) is 18.2 Å². The molecule has 0 aliphatic carbocycles. The van der Waals surface area contributed by atoms with Gasteiger partial charge in [-0.25, -0.2) is 4.99 Å². The number of benzene rings is 3. The van der Waals surface area contributed by atoms with Gasteiger partial charge in [0.2, 0.25) is 0 Å². The first-order valence-corrected chi connectivity index (χ1v) is 14.0. The summed E-state index contributed by atoms with van der Waals surface area (Å²) in [5, 5.41) is 11.7. The fraction of sp³-hybridized carbons (Fsp3) is 0.185. The molecule has 0 aromatic heterocycles. The maximum absolute atomic E-state index is 13.2. The number of halogens is 2. The molecular weight excluding hydrogens is 638 g/mol. The molecule has 0 N–H and O–H groups in total. The van der Waals surface area contributed by atoms with Crippen molar-refractivity contribution < 1.29 is 19.2 Å². The molecule has 3 aromatic rings. The van der Waals surface area contributed by atoms with E-state index < -0.39 is 4.92 Å². The van der Waals surface area contributed by atoms with Crippen molar-refractivity contribution in [3.8, 4) is 11.5 Å². The largest absolute Gasteiger partial charge is 0.497 e. The van der Waals surface area contributed by atoms with Crippen LogP contribution in [-0.4, -0.2) is 34.6 Å². The van der Waals surface area contributed by atoms with Gasteiger partial charge in [0.15, 0.2) is 5.17 Å². The molecule has 3 aromatic carbocycles. The van der Waals surface area contributed by atoms with Gasteiger partial charge in [-0.05, 0) is 104 Å². The van der Waals surface area contributed by atoms with Crippen LogP contribution in [0.4, 0.5) is 11.4 Å². The van der Waals surface area contributed by atoms with Gasteiger partial charge >= 0.3 is 0 Å². The molecule has 11 heteroatoms. The zero-order valence-electron chi connectivity index (χ0n) is 20.5. The van der Waals surface area contributed by atoms with Crippen LogP contribution < -0.4 is 9.47 Å². The lowest BCUT2D eigenvalue weighted by Gasteiger charge is -2.14. The van der Waals surface area contributed by atoms with Gasteiger partial charge in [0.25, 0.3) is 11.6 Å². The molecule has 8 nitrogen and oxygen atoms in total. The number of ether oxygens (including phenoxy) is 2. The van der Waals surface area contributed by atoms with E-state index in [2.05, 4.69) is 31.9 Å². The van der Waals surface area contributed by atoms with Crippen LogP contribution in [0, 0.1) is 10.1 Å². The molecule has 196 valence electrons. The molecule has 1 aliphatic heterocycles. The molecule has 38 heavy (non-hydrogen) atoms. The highest BCUT2D eigenvalue weighted by atomic mass is 79.9. The Bertz CT molecular complexity index is 1400. The minimum atomic E-state index is -0.436. The van der Waals surface area contributed by atoms with E-state index in [4.69, 9.17) is 14.5 Å². The summed E-state index contributed by atoms with van der Waals surface area (Å²) < 4.78 is 12.5. The molecule has 0 bridgehead atoms. The zero-order chi connectivity index (χ0) is 27.2. The van der Waals surface area contributed by atoms with Crippen molar-refractivity contribution in [3.63, 3.8) is 0 Å². The van der Waals surface area contributed by atoms with Gasteiger partial charge in [-0.3, -0.25) is 19.8 Å². The standard InChI is InChI=1S/C27H23Br2N3O5S/c1-3-11-31-26(33)24(38-27(31)30-19-7-9-21(36-2)10-8-19)15-18-13-22(28)25(23(29)14-18)37-16-17-5-4-6-20(12-17)32(34)35/h4-10,12-15H,3,11,16H2,1-2H3/b24-15+,30-27?. The van der Waals surface area contributed by atoms with Crippen LogP contribution in [0.5, 0.6) is 11.5 Å². The maximum atomic E-state index is 13.2. The zero-order valence-corrected chi connectivity index (χ0v) is 24.5. The second-order valence-corrected chi connectivity index (χ2v) is 10.9. The monoisotopic (exact) mass is 659 g/mol. The van der Waals surface area contributed by atoms with Crippen molar-refractivity contribution in [1.29, 1.82) is 0 Å². The van der Waals surface area contributed by atoms with Gasteiger partial charge in [-0.15, -0.1) is 0 Å². The van der Waals surface area contributed by atoms with Gasteiger partial charge < -0.3 is 9.47 Å². The maximum Gasteiger partial charge on any atom is 0.269 e. The Morgan fingerprint density at radius 1 is 1.11 bits per heavy atom. The fourth-order valence-electron chi connectivity index (χ4n) is 3.65. The van der Waals surface area contributed by atoms with Gasteiger partial charge in [-0.1, -0.05) is 19.1 Å². The third kappa shape index (κ3) is 6.64. The molecule has 1 saturated heterocycles. The predicted molar refractivity (Wildman–Crippen MR) is 157 cm³/mol. The number of aliphatic imine (C=N–C) groups is 1. The number of amides is 1. The van der Waals surface area contributed by atoms with Crippen molar-refractivity contribution >= 4 is 72.1 Å². The van der Waals surface area contributed by atoms with E-state index >= 15 is 0 Å². The van der Waals surface area contributed by atoms with Crippen LogP contribution in [-0.2, 0) is 11.4 Å². The first kappa shape index (κ1) is 27.9. The van der Waals surface area contributed by atoms with Crippen LogP contribution in [0.25, 0.3) is 6.08 Å². The molecule has 0 atom stereocenters. The Balaban J connectivity index is 1.55. The van der Waals surface area contributed by atoms with Crippen LogP contribution in [0.15, 0.2) is 79.5 Å². The van der Waals surface area contributed by atoms with E-state index in [1.54, 1.807) is 24.1 Å². The van der Waals surface area contributed by atoms with Crippen LogP contribution in [0.3, 0.4) is 0 Å². The molecule has 4 rings (SSSR count). The second kappa shape index (κ2) is 12.6. The molecular formula is C27H23Br2N3O5S. The Labute approximate surface area is 241 Å². The summed E-state index contributed by atoms with van der Waals surface area (Å²) in [6, 6.07) is 17.4. The Hall–Kier alpha value is -3.15. The van der Waals surface area contributed by atoms with Gasteiger partial charge in [0.05, 0.1) is 31.6 Å². The number of methoxy groups -OCH3 is 1. The number of nitro groups is 1. The number of thioether (sulfide) groups is 1. The SMILES string of the molecule is CCCN1C(=O)/C(=C\c2cc(Br)c(OCc3cccc([N+](=O)[O-])c3)c(Br)c2)SC1=Nc1ccc(OC)cc1. The van der Waals surface area contributed by atoms with Crippen molar-refractivity contribution in [1.82, 2.24) is 4.90 Å². The summed E-state index contributed by atoms with van der Waals surface area (Å²) in [5.74, 6) is 1.20. The number of nitro benzene ring substituents is 1. The Kier molecular flexibility index (Phi) is 9.24. The number of rotatable bonds is 9. The molecule has 0 saturated carbocycles. The number of carbonyl (C=O) groups is 1. The highest BCUT2D eigenvalue weighted by Crippen LogP contribution is 2.39. The summed E-state index contributed by atoms with van der Waals surface area (Å²) in [6.45, 7) is 2.74. The Morgan fingerprint density at radius 2 is 1.82 bits per heavy atom. The number of nitrogens with zero attached hydrogens (tertiary/aromatic N) is 3. The smallest absolute Gasteiger partial charge is 0.269 e. The van der Waals surface area contributed by atoms with Crippen LogP contribution >= 0.6 is 43.6 Å². The summed E-state index contributed by atoms with van der Waals surface area (Å²) in [6.07, 6.45) is 2.63. The summed E-state index contributed by atoms with van der Waals surface area (Å²) in [4.78, 5) is 30.8. The van der Waals surface area contributed by atoms with E-state index in [9.17, 15) is 14.9 Å². The van der Waals surface area contributed by atoms with E-state index in [1.165, 1.54) is 23.9 Å². The predicted octanol–water partition coefficient (Wildman–Crippen LogP) is 7.72. The van der Waals surface area contributed by atoms with Crippen molar-refractivity contribution in [2.24, 2.45) is 4.99 Å². The molecule has 1 heterocycles. The average Bonchev–Trinajstić information content (AvgIpc) is 3.18. The van der Waals surface area contributed by atoms with E-state index in [1.807, 2.05) is 49.4 Å². The molecule has 1 aliphatic rings. The molecule has 0 unspecified atom stereocenters. The van der Waals surface area contributed by atoms with Crippen molar-refractivity contribution in [2.45, 2.75) is 20.0 Å². The number of carbonyl (C=O) groups excluding carboxylic acids is 1. The van der Waals surface area contributed by atoms with Gasteiger partial charge in [0, 0.05) is 18.7 Å². The highest BCUT2D eigenvalue weighted by Gasteiger charge is 2.32. The van der Waals surface area contributed by atoms with E-state index in [0.717, 1.165) is 23.4 Å². The summed E-state index contributed by atoms with van der Waals surface area (Å²) in [5.41, 5.74) is 2.22. The Morgan fingerprint density at radius 3 is 2.45 bits per heavy atom. The minimum absolute atomic E-state index is 0.0111. The fourth-order valence-corrected chi connectivity index (χ4v) is 6.12. The first-order valence-electron chi connectivity index (χ1n) is 11.6. The number of hydrogen-bond acceptors (Lipinski definition) is 7. The quantitative estimate of drug-likeness (QED) is 0.133. The lowest BCUT2D eigenvalue weighted by atomic mass is 10.2. The average molecular weight is 661 g/mol. The third-order valence-electron chi connectivity index (χ3n) is 5.46. The topological polar surface area (TPSA) is 94.3 Å². The number of amidine groups is 1. The normalized spacial score (nSPS) is 15.4. The molecule has 1 fully saturated rings. The third-order valence-corrected chi connectivity index (χ3v) is 7.64. The second-order valence-electron chi connectivity index (χ2n) is 8.19. The van der Waals surface area contributed by atoms with Crippen LogP contribution in [0.2, 0.25) is 0 Å². The minimum Gasteiger partial charge on any atom is -0.497 e. The highest BCUT2D eigenvalue weighted by molar-refractivity contribution is 9.11. The first-order chi connectivity index (χ1) is 18.3. The van der Waals surface area contributed by atoms with Gasteiger partial charge in [0.1, 0.15) is 18.1 Å². The summed E-state index contributed by atoms with van der Waals surface area (Å²) >= 11 is 8.43. The molecule has 0 radical (unpaired) electrons. The van der Waals surface area contributed by atoms with Crippen molar-refractivity contribution in [2.75, 3.05) is 13.7 Å². The molecule has 1 amide bonds. The van der Waals surface area contributed by atoms with Gasteiger partial charge in [-0.2, -0.15) is 0 Å². The number of non-ortho nitro benzene ring substituents is 1. The lowest BCUT2D eigenvalue weighted by molar-refractivity contribution is -0.384. The summed E-state index contributed by atoms with van der Waals surface area (Å²) in [7, 11) is 1.61. The van der Waals surface area contributed by atoms with Crippen LogP contribution in [0.1, 0.15) is 24.5 Å². The molecule has 0 spiro atoms. The number of hydrogen-bond donors (Lipinski definition) is 0. The van der Waals surface area contributed by atoms with Crippen molar-refractivity contribution in [3.05, 3.63) is 95.8 Å².